The molecule has 0 amide bonds. The molecule has 2 atom stereocenters. The van der Waals surface area contributed by atoms with Crippen LogP contribution in [0, 0.1) is 11.3 Å². The van der Waals surface area contributed by atoms with Crippen molar-refractivity contribution in [2.75, 3.05) is 17.2 Å². The van der Waals surface area contributed by atoms with E-state index in [-0.39, 0.29) is 0 Å². The summed E-state index contributed by atoms with van der Waals surface area (Å²) in [5.41, 5.74) is 8.43. The summed E-state index contributed by atoms with van der Waals surface area (Å²) < 4.78 is 0. The zero-order valence-electron chi connectivity index (χ0n) is 10.9. The fraction of sp³-hybridized carbons (Fsp3) is 0.500. The number of hydrogen-bond acceptors (Lipinski definition) is 4. The van der Waals surface area contributed by atoms with Gasteiger partial charge in [-0.15, -0.1) is 0 Å². The van der Waals surface area contributed by atoms with Crippen molar-refractivity contribution in [3.8, 4) is 6.07 Å². The maximum absolute atomic E-state index is 9.30. The van der Waals surface area contributed by atoms with Crippen LogP contribution >= 0.6 is 11.8 Å². The van der Waals surface area contributed by atoms with E-state index in [0.717, 1.165) is 29.1 Å². The average molecular weight is 261 g/mol. The molecule has 0 radical (unpaired) electrons. The minimum Gasteiger partial charge on any atom is -0.366 e. The molecule has 1 fully saturated rings. The fourth-order valence-corrected chi connectivity index (χ4v) is 3.42. The maximum atomic E-state index is 9.30. The Balaban J connectivity index is 2.35. The van der Waals surface area contributed by atoms with E-state index in [4.69, 9.17) is 5.73 Å². The van der Waals surface area contributed by atoms with E-state index in [0.29, 0.717) is 17.8 Å². The van der Waals surface area contributed by atoms with Crippen LogP contribution in [0.2, 0.25) is 0 Å². The molecule has 18 heavy (non-hydrogen) atoms. The Kier molecular flexibility index (Phi) is 4.15. The number of nitriles is 1. The molecule has 0 aliphatic carbocycles. The van der Waals surface area contributed by atoms with Crippen LogP contribution in [0.15, 0.2) is 18.2 Å². The van der Waals surface area contributed by atoms with Gasteiger partial charge in [0.15, 0.2) is 0 Å². The average Bonchev–Trinajstić information content (AvgIpc) is 2.41. The Hall–Kier alpha value is -1.18. The van der Waals surface area contributed by atoms with Crippen LogP contribution in [0.25, 0.3) is 0 Å². The summed E-state index contributed by atoms with van der Waals surface area (Å²) in [7, 11) is 0. The van der Waals surface area contributed by atoms with E-state index >= 15 is 0 Å². The molecule has 1 saturated heterocycles. The minimum atomic E-state index is 0.458. The molecule has 0 bridgehead atoms. The van der Waals surface area contributed by atoms with Gasteiger partial charge in [-0.05, 0) is 24.6 Å². The summed E-state index contributed by atoms with van der Waals surface area (Å²) in [5.74, 6) is 1.12. The molecule has 3 nitrogen and oxygen atoms in total. The van der Waals surface area contributed by atoms with Gasteiger partial charge >= 0.3 is 0 Å². The molecule has 2 unspecified atom stereocenters. The summed E-state index contributed by atoms with van der Waals surface area (Å²) in [6.07, 6.45) is 0. The molecule has 1 aliphatic rings. The van der Waals surface area contributed by atoms with E-state index < -0.39 is 0 Å². The van der Waals surface area contributed by atoms with E-state index in [1.807, 2.05) is 30.0 Å². The minimum absolute atomic E-state index is 0.458. The summed E-state index contributed by atoms with van der Waals surface area (Å²) in [6.45, 7) is 5.97. The van der Waals surface area contributed by atoms with Gasteiger partial charge in [-0.25, -0.2) is 0 Å². The molecule has 1 aromatic rings. The third kappa shape index (κ3) is 2.47. The second-order valence-corrected chi connectivity index (χ2v) is 6.16. The van der Waals surface area contributed by atoms with E-state index in [1.165, 1.54) is 0 Å². The lowest BCUT2D eigenvalue weighted by molar-refractivity contribution is 0.627. The Morgan fingerprint density at radius 3 is 2.94 bits per heavy atom. The highest BCUT2D eigenvalue weighted by atomic mass is 32.2. The van der Waals surface area contributed by atoms with Crippen molar-refractivity contribution in [2.45, 2.75) is 31.7 Å². The van der Waals surface area contributed by atoms with Crippen molar-refractivity contribution < 1.29 is 0 Å². The molecule has 2 N–H and O–H groups in total. The molecule has 0 saturated carbocycles. The van der Waals surface area contributed by atoms with E-state index in [2.05, 4.69) is 24.8 Å². The van der Waals surface area contributed by atoms with Gasteiger partial charge in [0.2, 0.25) is 0 Å². The standard InChI is InChI=1S/C14H19N3S/c1-10-11(2)18-6-5-17(10)14-4-3-12(8-15)7-13(14)9-16/h3-4,7,10-11H,5-6,8,15H2,1-2H3. The first-order chi connectivity index (χ1) is 8.67. The molecule has 0 spiro atoms. The largest absolute Gasteiger partial charge is 0.366 e. The molecule has 2 rings (SSSR count). The molecular weight excluding hydrogens is 242 g/mol. The van der Waals surface area contributed by atoms with E-state index in [9.17, 15) is 5.26 Å². The Morgan fingerprint density at radius 2 is 2.28 bits per heavy atom. The van der Waals surface area contributed by atoms with E-state index in [1.54, 1.807) is 0 Å². The predicted molar refractivity (Wildman–Crippen MR) is 77.8 cm³/mol. The Bertz CT molecular complexity index is 467. The predicted octanol–water partition coefficient (Wildman–Crippen LogP) is 2.35. The SMILES string of the molecule is CC1SCCN(c2ccc(CN)cc2C#N)C1C. The monoisotopic (exact) mass is 261 g/mol. The summed E-state index contributed by atoms with van der Waals surface area (Å²) in [6, 6.07) is 8.73. The van der Waals surface area contributed by atoms with Crippen LogP contribution in [0.4, 0.5) is 5.69 Å². The van der Waals surface area contributed by atoms with Crippen molar-refractivity contribution in [3.63, 3.8) is 0 Å². The van der Waals surface area contributed by atoms with Gasteiger partial charge in [0.05, 0.1) is 11.3 Å². The van der Waals surface area contributed by atoms with Gasteiger partial charge in [0, 0.05) is 30.1 Å². The quantitative estimate of drug-likeness (QED) is 0.888. The van der Waals surface area contributed by atoms with Gasteiger partial charge in [0.25, 0.3) is 0 Å². The van der Waals surface area contributed by atoms with Gasteiger partial charge in [-0.2, -0.15) is 17.0 Å². The summed E-state index contributed by atoms with van der Waals surface area (Å²) in [5, 5.41) is 9.90. The lowest BCUT2D eigenvalue weighted by Gasteiger charge is -2.39. The van der Waals surface area contributed by atoms with Crippen LogP contribution in [-0.4, -0.2) is 23.6 Å². The van der Waals surface area contributed by atoms with Gasteiger partial charge < -0.3 is 10.6 Å². The van der Waals surface area contributed by atoms with Crippen LogP contribution in [-0.2, 0) is 6.54 Å². The summed E-state index contributed by atoms with van der Waals surface area (Å²) in [4.78, 5) is 2.35. The second kappa shape index (κ2) is 5.64. The number of thioether (sulfide) groups is 1. The number of anilines is 1. The number of benzene rings is 1. The summed E-state index contributed by atoms with van der Waals surface area (Å²) >= 11 is 2.00. The third-order valence-electron chi connectivity index (χ3n) is 3.61. The number of rotatable bonds is 2. The second-order valence-electron chi connectivity index (χ2n) is 4.68. The lowest BCUT2D eigenvalue weighted by Crippen LogP contribution is -2.45. The van der Waals surface area contributed by atoms with Gasteiger partial charge in [0.1, 0.15) is 6.07 Å². The maximum Gasteiger partial charge on any atom is 0.101 e. The number of nitrogens with zero attached hydrogens (tertiary/aromatic N) is 2. The van der Waals surface area contributed by atoms with Crippen molar-refractivity contribution in [1.29, 1.82) is 5.26 Å². The Labute approximate surface area is 113 Å². The highest BCUT2D eigenvalue weighted by Gasteiger charge is 2.26. The smallest absolute Gasteiger partial charge is 0.101 e. The first-order valence-corrected chi connectivity index (χ1v) is 7.33. The van der Waals surface area contributed by atoms with Crippen LogP contribution in [0.5, 0.6) is 0 Å². The van der Waals surface area contributed by atoms with Crippen LogP contribution in [0.3, 0.4) is 0 Å². The van der Waals surface area contributed by atoms with Crippen molar-refractivity contribution in [1.82, 2.24) is 0 Å². The molecule has 96 valence electrons. The van der Waals surface area contributed by atoms with Gasteiger partial charge in [-0.3, -0.25) is 0 Å². The first-order valence-electron chi connectivity index (χ1n) is 6.28. The molecule has 4 heteroatoms. The van der Waals surface area contributed by atoms with Crippen LogP contribution in [0.1, 0.15) is 25.0 Å². The van der Waals surface area contributed by atoms with Crippen molar-refractivity contribution >= 4 is 17.4 Å². The molecule has 0 aromatic heterocycles. The highest BCUT2D eigenvalue weighted by molar-refractivity contribution is 8.00. The molecule has 1 aromatic carbocycles. The van der Waals surface area contributed by atoms with Crippen LogP contribution < -0.4 is 10.6 Å². The molecule has 1 heterocycles. The lowest BCUT2D eigenvalue weighted by atomic mass is 10.1. The fourth-order valence-electron chi connectivity index (χ4n) is 2.32. The zero-order valence-corrected chi connectivity index (χ0v) is 11.7. The number of hydrogen-bond donors (Lipinski definition) is 1. The zero-order chi connectivity index (χ0) is 13.1. The van der Waals surface area contributed by atoms with Crippen molar-refractivity contribution in [3.05, 3.63) is 29.3 Å². The number of nitrogens with two attached hydrogens (primary N) is 1. The topological polar surface area (TPSA) is 53.0 Å². The third-order valence-corrected chi connectivity index (χ3v) is 4.95. The normalized spacial score (nSPS) is 23.8. The molecular formula is C14H19N3S. The van der Waals surface area contributed by atoms with Crippen molar-refractivity contribution in [2.24, 2.45) is 5.73 Å². The first kappa shape index (κ1) is 13.3. The van der Waals surface area contributed by atoms with Gasteiger partial charge in [-0.1, -0.05) is 13.0 Å². The molecule has 1 aliphatic heterocycles. The highest BCUT2D eigenvalue weighted by Crippen LogP contribution is 2.31. The Morgan fingerprint density at radius 1 is 1.50 bits per heavy atom.